The van der Waals surface area contributed by atoms with Crippen LogP contribution in [-0.4, -0.2) is 171 Å². The van der Waals surface area contributed by atoms with Crippen LogP contribution in [0, 0.1) is 5.92 Å². The summed E-state index contributed by atoms with van der Waals surface area (Å²) < 4.78 is 0. The van der Waals surface area contributed by atoms with Gasteiger partial charge in [0.1, 0.15) is 42.3 Å². The summed E-state index contributed by atoms with van der Waals surface area (Å²) >= 11 is 1.60. The fourth-order valence-corrected chi connectivity index (χ4v) is 5.75. The van der Waals surface area contributed by atoms with Gasteiger partial charge in [0, 0.05) is 47.0 Å². The Labute approximate surface area is 454 Å². The molecule has 2 aromatic heterocycles. The average Bonchev–Trinajstić information content (AvgIpc) is 4.00. The molecule has 0 aliphatic carbocycles. The van der Waals surface area contributed by atoms with Gasteiger partial charge in [-0.15, -0.1) is 0 Å². The number of nitrogens with two attached hydrogens (primary N) is 8. The zero-order valence-corrected chi connectivity index (χ0v) is 44.6. The Morgan fingerprint density at radius 3 is 1.09 bits per heavy atom. The Morgan fingerprint density at radius 2 is 0.821 bits per heavy atom. The van der Waals surface area contributed by atoms with Crippen molar-refractivity contribution < 1.29 is 84.3 Å². The van der Waals surface area contributed by atoms with E-state index in [-0.39, 0.29) is 6.54 Å². The molecule has 7 atom stereocenters. The molecule has 2 heterocycles. The van der Waals surface area contributed by atoms with E-state index in [1.807, 2.05) is 111 Å². The predicted molar refractivity (Wildman–Crippen MR) is 295 cm³/mol. The summed E-state index contributed by atoms with van der Waals surface area (Å²) in [6, 6.07) is 19.1. The third-order valence-corrected chi connectivity index (χ3v) is 10.2. The van der Waals surface area contributed by atoms with Crippen molar-refractivity contribution in [2.45, 2.75) is 95.2 Å². The molecule has 5 aromatic rings. The van der Waals surface area contributed by atoms with E-state index in [1.54, 1.807) is 11.8 Å². The number of hydrogen-bond donors (Lipinski definition) is 19. The fourth-order valence-electron chi connectivity index (χ4n) is 5.26. The molecule has 78 heavy (non-hydrogen) atoms. The standard InChI is InChI=1S/2C11H12N2O2.C9H11NO2.C6H13NO2.C5H11NO2S.C3H7NO3.C3H7NO2.C2H5NO2/c2*12-9(11(14)15)5-7-6-13-10-4-2-1-3-8(7)10;10-8(9(11)12)6-7-4-2-1-3-5-7;1-4(2)3-5(7)6(8)9;1-9-3-2-4(6)5(7)8;4-2(1-5)3(6)7;1-2(4)3(5)6;3-1-2(4)5/h2*1-4,6,9,13H,5,12H2,(H,14,15);1-5,8H,6,10H2,(H,11,12);4-5H,3,7H2,1-2H3,(H,8,9);4H,2-3,6H2,1H3,(H,7,8);2,5H,1,4H2,(H,6,7);2H,4H2,1H3,(H,5,6);1,3H2,(H,4,5)/t2*9-;8-;5-;4-;2*2-;/m0000000./s1. The minimum Gasteiger partial charge on any atom is -0.480 e. The van der Waals surface area contributed by atoms with Crippen molar-refractivity contribution in [2.75, 3.05) is 25.2 Å². The van der Waals surface area contributed by atoms with Gasteiger partial charge in [-0.05, 0) is 72.9 Å². The van der Waals surface area contributed by atoms with Crippen LogP contribution < -0.4 is 45.9 Å². The first-order valence-electron chi connectivity index (χ1n) is 23.4. The molecule has 0 spiro atoms. The molecule has 0 saturated heterocycles. The van der Waals surface area contributed by atoms with Gasteiger partial charge in [0.15, 0.2) is 0 Å². The summed E-state index contributed by atoms with van der Waals surface area (Å²) in [5.41, 5.74) is 45.8. The average molecular weight is 1120 g/mol. The first-order chi connectivity index (χ1) is 36.4. The number of aliphatic carboxylic acids is 8. The Bertz CT molecular complexity index is 2440. The number of hydrogen-bond acceptors (Lipinski definition) is 18. The lowest BCUT2D eigenvalue weighted by Gasteiger charge is -2.07. The Kier molecular flexibility index (Phi) is 40.8. The number of thioether (sulfide) groups is 1. The van der Waals surface area contributed by atoms with Crippen LogP contribution in [0.4, 0.5) is 0 Å². The molecule has 436 valence electrons. The van der Waals surface area contributed by atoms with Crippen molar-refractivity contribution >= 4 is 81.3 Å². The van der Waals surface area contributed by atoms with Crippen LogP contribution in [0.25, 0.3) is 21.8 Å². The SMILES string of the molecule is CC(C)C[C@H](N)C(=O)O.CSCC[C@H](N)C(=O)O.C[C@H](N)C(=O)O.NCC(=O)O.N[C@@H](CO)C(=O)O.N[C@@H](Cc1c[nH]c2ccccc12)C(=O)O.N[C@@H](Cc1c[nH]c2ccccc12)C(=O)O.N[C@@H](Cc1ccccc1)C(=O)O. The minimum atomic E-state index is -1.18. The van der Waals surface area contributed by atoms with Crippen molar-refractivity contribution in [3.63, 3.8) is 0 Å². The molecule has 3 aromatic carbocycles. The highest BCUT2D eigenvalue weighted by Crippen LogP contribution is 2.20. The zero-order valence-electron chi connectivity index (χ0n) is 43.8. The van der Waals surface area contributed by atoms with E-state index in [9.17, 15) is 38.4 Å². The number of aromatic amines is 2. The Hall–Kier alpha value is -7.51. The van der Waals surface area contributed by atoms with Gasteiger partial charge in [0.05, 0.1) is 13.2 Å². The summed E-state index contributed by atoms with van der Waals surface area (Å²) in [6.45, 7) is 4.53. The van der Waals surface area contributed by atoms with Crippen LogP contribution in [-0.2, 0) is 57.6 Å². The monoisotopic (exact) mass is 1120 g/mol. The number of H-pyrrole nitrogens is 2. The highest BCUT2D eigenvalue weighted by atomic mass is 32.2. The number of aromatic nitrogens is 2. The molecular formula is C50H78N10O17S. The third-order valence-electron chi connectivity index (χ3n) is 9.55. The normalized spacial score (nSPS) is 12.7. The highest BCUT2D eigenvalue weighted by molar-refractivity contribution is 7.98. The van der Waals surface area contributed by atoms with Crippen LogP contribution in [0.15, 0.2) is 91.3 Å². The second-order valence-corrected chi connectivity index (χ2v) is 17.8. The van der Waals surface area contributed by atoms with Crippen LogP contribution in [0.5, 0.6) is 0 Å². The smallest absolute Gasteiger partial charge is 0.322 e. The van der Waals surface area contributed by atoms with E-state index in [0.717, 1.165) is 44.2 Å². The molecule has 0 fully saturated rings. The first-order valence-corrected chi connectivity index (χ1v) is 24.8. The molecule has 28 heteroatoms. The van der Waals surface area contributed by atoms with Gasteiger partial charge in [-0.2, -0.15) is 11.8 Å². The number of carboxylic acids is 8. The van der Waals surface area contributed by atoms with Gasteiger partial charge >= 0.3 is 47.8 Å². The Balaban J connectivity index is -0.000000848. The second-order valence-electron chi connectivity index (χ2n) is 16.8. The van der Waals surface area contributed by atoms with Crippen LogP contribution in [0.2, 0.25) is 0 Å². The lowest BCUT2D eigenvalue weighted by Crippen LogP contribution is -2.33. The first kappa shape index (κ1) is 74.7. The van der Waals surface area contributed by atoms with E-state index in [4.69, 9.17) is 86.1 Å². The minimum absolute atomic E-state index is 0.278. The van der Waals surface area contributed by atoms with Gasteiger partial charge in [-0.3, -0.25) is 38.4 Å². The quantitative estimate of drug-likeness (QED) is 0.0499. The Morgan fingerprint density at radius 1 is 0.487 bits per heavy atom. The van der Waals surface area contributed by atoms with Crippen molar-refractivity contribution in [1.82, 2.24) is 9.97 Å². The van der Waals surface area contributed by atoms with Crippen molar-refractivity contribution in [1.29, 1.82) is 0 Å². The molecule has 0 aliphatic heterocycles. The van der Waals surface area contributed by atoms with E-state index in [2.05, 4.69) is 15.7 Å². The van der Waals surface area contributed by atoms with E-state index in [1.165, 1.54) is 6.92 Å². The molecule has 0 saturated carbocycles. The number of aliphatic hydroxyl groups is 1. The van der Waals surface area contributed by atoms with Crippen LogP contribution >= 0.6 is 11.8 Å². The van der Waals surface area contributed by atoms with Gasteiger partial charge in [-0.1, -0.05) is 80.6 Å². The van der Waals surface area contributed by atoms with Crippen LogP contribution in [0.1, 0.15) is 50.3 Å². The topological polar surface area (TPSA) is 558 Å². The molecule has 0 amide bonds. The van der Waals surface area contributed by atoms with Gasteiger partial charge in [0.25, 0.3) is 0 Å². The van der Waals surface area contributed by atoms with E-state index < -0.39 is 96.7 Å². The number of nitrogens with one attached hydrogen (secondary N) is 2. The molecular weight excluding hydrogens is 1040 g/mol. The fraction of sp³-hybridized carbons (Fsp3) is 0.400. The third kappa shape index (κ3) is 36.5. The van der Waals surface area contributed by atoms with Crippen LogP contribution in [0.3, 0.4) is 0 Å². The number of para-hydroxylation sites is 2. The zero-order chi connectivity index (χ0) is 60.7. The van der Waals surface area contributed by atoms with E-state index >= 15 is 0 Å². The lowest BCUT2D eigenvalue weighted by atomic mass is 10.1. The maximum atomic E-state index is 10.6. The molecule has 0 aliphatic rings. The molecule has 0 bridgehead atoms. The maximum absolute atomic E-state index is 10.6. The highest BCUT2D eigenvalue weighted by Gasteiger charge is 2.16. The summed E-state index contributed by atoms with van der Waals surface area (Å²) in [6.07, 6.45) is 7.73. The van der Waals surface area contributed by atoms with Crippen molar-refractivity contribution in [2.24, 2.45) is 51.8 Å². The number of fused-ring (bicyclic) bond motifs is 2. The molecule has 5 rings (SSSR count). The summed E-state index contributed by atoms with van der Waals surface area (Å²) in [4.78, 5) is 86.4. The summed E-state index contributed by atoms with van der Waals surface area (Å²) in [7, 11) is 0. The number of rotatable bonds is 20. The number of carbonyl (C=O) groups is 8. The molecule has 0 unspecified atom stereocenters. The summed E-state index contributed by atoms with van der Waals surface area (Å²) in [5, 5.41) is 76.0. The predicted octanol–water partition coefficient (Wildman–Crippen LogP) is 0.320. The number of carboxylic acid groups (broad SMARTS) is 8. The molecule has 27 N–H and O–H groups in total. The molecule has 0 radical (unpaired) electrons. The largest absolute Gasteiger partial charge is 0.480 e. The van der Waals surface area contributed by atoms with Crippen molar-refractivity contribution in [3.8, 4) is 0 Å². The molecule has 27 nitrogen and oxygen atoms in total. The van der Waals surface area contributed by atoms with Gasteiger partial charge in [0.2, 0.25) is 0 Å². The number of aliphatic hydroxyl groups excluding tert-OH is 1. The van der Waals surface area contributed by atoms with E-state index in [0.29, 0.717) is 38.0 Å². The van der Waals surface area contributed by atoms with Crippen molar-refractivity contribution in [3.05, 3.63) is 108 Å². The number of benzene rings is 3. The van der Waals surface area contributed by atoms with Gasteiger partial charge < -0.3 is 102 Å². The second kappa shape index (κ2) is 42.6. The maximum Gasteiger partial charge on any atom is 0.322 e. The summed E-state index contributed by atoms with van der Waals surface area (Å²) in [5.74, 6) is -6.67. The lowest BCUT2D eigenvalue weighted by molar-refractivity contribution is -0.140. The van der Waals surface area contributed by atoms with Gasteiger partial charge in [-0.25, -0.2) is 0 Å².